The second-order valence-electron chi connectivity index (χ2n) is 10.1. The quantitative estimate of drug-likeness (QED) is 0.190. The van der Waals surface area contributed by atoms with Crippen LogP contribution in [0.1, 0.15) is 46.0 Å². The van der Waals surface area contributed by atoms with Crippen molar-refractivity contribution >= 4 is 17.9 Å². The zero-order valence-corrected chi connectivity index (χ0v) is 23.0. The van der Waals surface area contributed by atoms with Crippen LogP contribution in [0, 0.1) is 0 Å². The summed E-state index contributed by atoms with van der Waals surface area (Å²) in [5.41, 5.74) is 0. The predicted octanol–water partition coefficient (Wildman–Crippen LogP) is -2.24. The average molecular weight is 508 g/mol. The van der Waals surface area contributed by atoms with Crippen LogP contribution in [0.3, 0.4) is 0 Å². The molecule has 11 heteroatoms. The standard InChI is InChI=1S/C10H21NO3.C8H15NO2.C6H13NO3/c1-4-11(5-2,9-14-3)8-6-7-10(12)13;1-9(7-8(10)11)5-3-2-4-6-9;1-7(2,5-10-3)4-6(8)9/h4-9H2,1-3H3;2-7H2,1H3;4-5H2,1-3H3. The summed E-state index contributed by atoms with van der Waals surface area (Å²) in [7, 11) is 8.74. The lowest BCUT2D eigenvalue weighted by molar-refractivity contribution is -0.942. The third kappa shape index (κ3) is 19.1. The molecule has 1 aliphatic heterocycles. The first-order valence-electron chi connectivity index (χ1n) is 12.3. The van der Waals surface area contributed by atoms with Gasteiger partial charge in [0.1, 0.15) is 13.1 Å². The van der Waals surface area contributed by atoms with Crippen LogP contribution in [0.2, 0.25) is 0 Å². The molecular weight excluding hydrogens is 458 g/mol. The number of aliphatic carboxylic acids is 3. The molecule has 0 aromatic heterocycles. The van der Waals surface area contributed by atoms with E-state index in [1.165, 1.54) is 13.5 Å². The summed E-state index contributed by atoms with van der Waals surface area (Å²) >= 11 is 0. The van der Waals surface area contributed by atoms with Crippen LogP contribution < -0.4 is 15.3 Å². The van der Waals surface area contributed by atoms with Crippen LogP contribution in [-0.2, 0) is 23.9 Å². The van der Waals surface area contributed by atoms with Gasteiger partial charge in [0, 0.05) is 26.6 Å². The van der Waals surface area contributed by atoms with Crippen molar-refractivity contribution in [2.45, 2.75) is 46.0 Å². The van der Waals surface area contributed by atoms with Gasteiger partial charge in [0.25, 0.3) is 0 Å². The maximum absolute atomic E-state index is 10.3. The molecule has 11 nitrogen and oxygen atoms in total. The molecule has 0 saturated carbocycles. The SMILES string of the molecule is CC[N+](CC)(CCCC(=O)[O-])COC.COC[N+](C)(C)CC(=O)[O-].C[N+]1(CC(=O)[O-])CCCCC1. The lowest BCUT2D eigenvalue weighted by Gasteiger charge is -2.37. The molecule has 0 radical (unpaired) electrons. The van der Waals surface area contributed by atoms with Crippen LogP contribution in [0.25, 0.3) is 0 Å². The van der Waals surface area contributed by atoms with Crippen LogP contribution in [0.4, 0.5) is 0 Å². The summed E-state index contributed by atoms with van der Waals surface area (Å²) < 4.78 is 11.7. The average Bonchev–Trinajstić information content (AvgIpc) is 2.72. The molecule has 0 atom stereocenters. The lowest BCUT2D eigenvalue weighted by atomic mass is 10.1. The minimum absolute atomic E-state index is 0.0200. The Bertz CT molecular complexity index is 604. The summed E-state index contributed by atoms with van der Waals surface area (Å²) in [4.78, 5) is 30.7. The van der Waals surface area contributed by atoms with Gasteiger partial charge in [-0.1, -0.05) is 0 Å². The Balaban J connectivity index is 0. The third-order valence-electron chi connectivity index (χ3n) is 6.20. The Morgan fingerprint density at radius 2 is 1.34 bits per heavy atom. The van der Waals surface area contributed by atoms with Gasteiger partial charge in [-0.2, -0.15) is 0 Å². The summed E-state index contributed by atoms with van der Waals surface area (Å²) in [5.74, 6) is -2.94. The molecule has 0 aliphatic carbocycles. The van der Waals surface area contributed by atoms with Crippen molar-refractivity contribution in [2.75, 3.05) is 94.6 Å². The van der Waals surface area contributed by atoms with Gasteiger partial charge in [-0.05, 0) is 39.5 Å². The van der Waals surface area contributed by atoms with Crippen LogP contribution >= 0.6 is 0 Å². The highest BCUT2D eigenvalue weighted by atomic mass is 16.5. The smallest absolute Gasteiger partial charge is 0.182 e. The van der Waals surface area contributed by atoms with E-state index < -0.39 is 17.9 Å². The number of carbonyl (C=O) groups is 3. The molecule has 1 aliphatic rings. The van der Waals surface area contributed by atoms with E-state index in [0.29, 0.717) is 28.8 Å². The number of hydrogen-bond acceptors (Lipinski definition) is 8. The van der Waals surface area contributed by atoms with Crippen LogP contribution in [0.15, 0.2) is 0 Å². The molecule has 1 saturated heterocycles. The Hall–Kier alpha value is -1.79. The van der Waals surface area contributed by atoms with E-state index in [-0.39, 0.29) is 19.5 Å². The fraction of sp³-hybridized carbons (Fsp3) is 0.875. The zero-order chi connectivity index (χ0) is 27.5. The van der Waals surface area contributed by atoms with Crippen molar-refractivity contribution in [1.82, 2.24) is 0 Å². The second-order valence-corrected chi connectivity index (χ2v) is 10.1. The minimum atomic E-state index is -1.05. The number of methoxy groups -OCH3 is 2. The molecule has 0 aromatic carbocycles. The zero-order valence-electron chi connectivity index (χ0n) is 23.0. The van der Waals surface area contributed by atoms with Crippen molar-refractivity contribution in [3.05, 3.63) is 0 Å². The number of likely N-dealkylation sites (tertiary alicyclic amines) is 1. The number of ether oxygens (including phenoxy) is 2. The minimum Gasteiger partial charge on any atom is -0.550 e. The van der Waals surface area contributed by atoms with Gasteiger partial charge in [-0.25, -0.2) is 0 Å². The third-order valence-corrected chi connectivity index (χ3v) is 6.20. The monoisotopic (exact) mass is 507 g/mol. The first-order valence-corrected chi connectivity index (χ1v) is 12.3. The van der Waals surface area contributed by atoms with Gasteiger partial charge < -0.3 is 52.6 Å². The Morgan fingerprint density at radius 3 is 1.71 bits per heavy atom. The number of likely N-dealkylation sites (N-methyl/N-ethyl adjacent to an activating group) is 2. The van der Waals surface area contributed by atoms with Gasteiger partial charge in [-0.15, -0.1) is 0 Å². The fourth-order valence-corrected chi connectivity index (χ4v) is 4.11. The number of nitrogens with zero attached hydrogens (tertiary/aromatic N) is 3. The van der Waals surface area contributed by atoms with Crippen molar-refractivity contribution in [2.24, 2.45) is 0 Å². The normalized spacial score (nSPS) is 15.2. The Morgan fingerprint density at radius 1 is 0.829 bits per heavy atom. The molecule has 1 rings (SSSR count). The number of carboxylic acids is 3. The highest BCUT2D eigenvalue weighted by molar-refractivity contribution is 5.65. The number of quaternary nitrogens is 3. The summed E-state index contributed by atoms with van der Waals surface area (Å²) in [6.07, 6.45) is 4.37. The number of rotatable bonds is 14. The highest BCUT2D eigenvalue weighted by Crippen LogP contribution is 2.15. The maximum atomic E-state index is 10.3. The molecular formula is C24H49N3O8. The van der Waals surface area contributed by atoms with E-state index in [1.54, 1.807) is 21.2 Å². The van der Waals surface area contributed by atoms with Gasteiger partial charge in [0.2, 0.25) is 0 Å². The van der Waals surface area contributed by atoms with E-state index in [0.717, 1.165) is 50.0 Å². The van der Waals surface area contributed by atoms with Gasteiger partial charge in [-0.3, -0.25) is 0 Å². The second kappa shape index (κ2) is 18.5. The van der Waals surface area contributed by atoms with Crippen molar-refractivity contribution in [3.63, 3.8) is 0 Å². The van der Waals surface area contributed by atoms with E-state index >= 15 is 0 Å². The van der Waals surface area contributed by atoms with E-state index in [1.807, 2.05) is 7.05 Å². The molecule has 0 spiro atoms. The first-order chi connectivity index (χ1) is 16.2. The number of carbonyl (C=O) groups excluding carboxylic acids is 3. The van der Waals surface area contributed by atoms with E-state index in [2.05, 4.69) is 13.8 Å². The number of carboxylic acid groups (broad SMARTS) is 3. The van der Waals surface area contributed by atoms with E-state index in [4.69, 9.17) is 9.47 Å². The lowest BCUT2D eigenvalue weighted by Crippen LogP contribution is -2.53. The van der Waals surface area contributed by atoms with Crippen LogP contribution in [-0.4, -0.2) is 126 Å². The summed E-state index contributed by atoms with van der Waals surface area (Å²) in [6, 6.07) is 0. The molecule has 1 fully saturated rings. The Labute approximate surface area is 211 Å². The largest absolute Gasteiger partial charge is 0.550 e. The maximum Gasteiger partial charge on any atom is 0.182 e. The predicted molar refractivity (Wildman–Crippen MR) is 126 cm³/mol. The molecule has 208 valence electrons. The first kappa shape index (κ1) is 35.4. The summed E-state index contributed by atoms with van der Waals surface area (Å²) in [6.45, 7) is 10.2. The molecule has 0 unspecified atom stereocenters. The van der Waals surface area contributed by atoms with Gasteiger partial charge >= 0.3 is 0 Å². The van der Waals surface area contributed by atoms with Crippen LogP contribution in [0.5, 0.6) is 0 Å². The molecule has 0 bridgehead atoms. The topological polar surface area (TPSA) is 139 Å². The van der Waals surface area contributed by atoms with Gasteiger partial charge in [0.05, 0.1) is 65.8 Å². The fourth-order valence-electron chi connectivity index (χ4n) is 4.11. The van der Waals surface area contributed by atoms with Crippen molar-refractivity contribution in [3.8, 4) is 0 Å². The molecule has 35 heavy (non-hydrogen) atoms. The molecule has 1 heterocycles. The van der Waals surface area contributed by atoms with Crippen molar-refractivity contribution in [1.29, 1.82) is 0 Å². The summed E-state index contributed by atoms with van der Waals surface area (Å²) in [5, 5.41) is 30.7. The number of piperidine rings is 1. The molecule has 0 amide bonds. The Kier molecular flexibility index (Phi) is 18.7. The van der Waals surface area contributed by atoms with Gasteiger partial charge in [0.15, 0.2) is 13.5 Å². The van der Waals surface area contributed by atoms with E-state index in [9.17, 15) is 29.7 Å². The number of hydrogen-bond donors (Lipinski definition) is 0. The van der Waals surface area contributed by atoms with Crippen molar-refractivity contribution < 1.29 is 52.6 Å². The highest BCUT2D eigenvalue weighted by Gasteiger charge is 2.24. The molecule has 0 aromatic rings. The molecule has 0 N–H and O–H groups in total.